The van der Waals surface area contributed by atoms with Crippen LogP contribution in [0.3, 0.4) is 0 Å². The van der Waals surface area contributed by atoms with Gasteiger partial charge in [-0.05, 0) is 6.08 Å². The van der Waals surface area contributed by atoms with E-state index in [4.69, 9.17) is 10.5 Å². The molecule has 0 atom stereocenters. The maximum absolute atomic E-state index is 8.43. The smallest absolute Gasteiger partial charge is 0.130 e. The average Bonchev–Trinajstić information content (AvgIpc) is 2.47. The summed E-state index contributed by atoms with van der Waals surface area (Å²) in [6.07, 6.45) is 4.82. The number of nitrogens with zero attached hydrogens (tertiary/aromatic N) is 4. The molecule has 1 aromatic heterocycles. The molecule has 58 valence electrons. The standard InChI is InChI=1S/C8H6N4/c1-12-6-8(5-11-12)2-7(3-9)4-10/h2,5-6H,1H3. The largest absolute Gasteiger partial charge is 0.275 e. The molecule has 0 fully saturated rings. The molecule has 0 saturated carbocycles. The summed E-state index contributed by atoms with van der Waals surface area (Å²) in [7, 11) is 1.77. The minimum atomic E-state index is 0.0861. The van der Waals surface area contributed by atoms with Crippen LogP contribution < -0.4 is 0 Å². The van der Waals surface area contributed by atoms with Gasteiger partial charge in [-0.25, -0.2) is 0 Å². The Morgan fingerprint density at radius 3 is 2.67 bits per heavy atom. The van der Waals surface area contributed by atoms with Crippen molar-refractivity contribution in [3.63, 3.8) is 0 Å². The highest BCUT2D eigenvalue weighted by atomic mass is 15.2. The molecule has 0 aliphatic carbocycles. The van der Waals surface area contributed by atoms with E-state index < -0.39 is 0 Å². The molecule has 1 heterocycles. The van der Waals surface area contributed by atoms with Gasteiger partial charge >= 0.3 is 0 Å². The summed E-state index contributed by atoms with van der Waals surface area (Å²) in [5, 5.41) is 20.7. The second-order valence-electron chi connectivity index (χ2n) is 2.23. The van der Waals surface area contributed by atoms with Crippen molar-refractivity contribution in [2.24, 2.45) is 7.05 Å². The number of aryl methyl sites for hydroxylation is 1. The monoisotopic (exact) mass is 158 g/mol. The van der Waals surface area contributed by atoms with Crippen molar-refractivity contribution in [3.8, 4) is 12.1 Å². The van der Waals surface area contributed by atoms with Crippen molar-refractivity contribution in [3.05, 3.63) is 23.5 Å². The van der Waals surface area contributed by atoms with Crippen molar-refractivity contribution in [2.75, 3.05) is 0 Å². The number of hydrogen-bond donors (Lipinski definition) is 0. The molecule has 0 N–H and O–H groups in total. The van der Waals surface area contributed by atoms with Crippen LogP contribution in [-0.4, -0.2) is 9.78 Å². The second-order valence-corrected chi connectivity index (χ2v) is 2.23. The third kappa shape index (κ3) is 1.71. The van der Waals surface area contributed by atoms with Crippen molar-refractivity contribution in [1.82, 2.24) is 9.78 Å². The predicted molar refractivity (Wildman–Crippen MR) is 42.4 cm³/mol. The van der Waals surface area contributed by atoms with Gasteiger partial charge in [-0.15, -0.1) is 0 Å². The fourth-order valence-corrected chi connectivity index (χ4v) is 0.771. The lowest BCUT2D eigenvalue weighted by molar-refractivity contribution is 0.767. The van der Waals surface area contributed by atoms with E-state index in [0.717, 1.165) is 5.56 Å². The zero-order valence-electron chi connectivity index (χ0n) is 6.52. The summed E-state index contributed by atoms with van der Waals surface area (Å²) >= 11 is 0. The fraction of sp³-hybridized carbons (Fsp3) is 0.125. The zero-order valence-corrected chi connectivity index (χ0v) is 6.52. The van der Waals surface area contributed by atoms with Gasteiger partial charge in [-0.1, -0.05) is 0 Å². The lowest BCUT2D eigenvalue weighted by Gasteiger charge is -1.82. The summed E-state index contributed by atoms with van der Waals surface area (Å²) in [6.45, 7) is 0. The molecule has 1 aromatic rings. The summed E-state index contributed by atoms with van der Waals surface area (Å²) in [5.41, 5.74) is 0.846. The van der Waals surface area contributed by atoms with Crippen LogP contribution in [0.1, 0.15) is 5.56 Å². The molecule has 0 bridgehead atoms. The zero-order chi connectivity index (χ0) is 8.97. The topological polar surface area (TPSA) is 65.4 Å². The van der Waals surface area contributed by atoms with Crippen LogP contribution in [0.25, 0.3) is 6.08 Å². The molecule has 4 heteroatoms. The Hall–Kier alpha value is -2.07. The van der Waals surface area contributed by atoms with E-state index in [1.165, 1.54) is 6.08 Å². The van der Waals surface area contributed by atoms with E-state index in [9.17, 15) is 0 Å². The van der Waals surface area contributed by atoms with E-state index >= 15 is 0 Å². The van der Waals surface area contributed by atoms with Gasteiger partial charge < -0.3 is 0 Å². The van der Waals surface area contributed by atoms with Crippen molar-refractivity contribution < 1.29 is 0 Å². The Morgan fingerprint density at radius 2 is 2.25 bits per heavy atom. The van der Waals surface area contributed by atoms with E-state index in [-0.39, 0.29) is 5.57 Å². The van der Waals surface area contributed by atoms with Gasteiger partial charge in [-0.3, -0.25) is 4.68 Å². The molecule has 0 aromatic carbocycles. The summed E-state index contributed by atoms with van der Waals surface area (Å²) in [5.74, 6) is 0. The molecule has 1 rings (SSSR count). The van der Waals surface area contributed by atoms with E-state index in [1.54, 1.807) is 36.3 Å². The summed E-state index contributed by atoms with van der Waals surface area (Å²) in [4.78, 5) is 0. The third-order valence-corrected chi connectivity index (χ3v) is 1.28. The molecule has 0 unspecified atom stereocenters. The Morgan fingerprint density at radius 1 is 1.58 bits per heavy atom. The first-order chi connectivity index (χ1) is 5.76. The molecule has 12 heavy (non-hydrogen) atoms. The van der Waals surface area contributed by atoms with Gasteiger partial charge in [0, 0.05) is 18.8 Å². The molecular weight excluding hydrogens is 152 g/mol. The van der Waals surface area contributed by atoms with E-state index in [0.29, 0.717) is 0 Å². The summed E-state index contributed by atoms with van der Waals surface area (Å²) < 4.78 is 1.61. The van der Waals surface area contributed by atoms with Crippen LogP contribution in [0.5, 0.6) is 0 Å². The summed E-state index contributed by atoms with van der Waals surface area (Å²) in [6, 6.07) is 3.54. The van der Waals surface area contributed by atoms with Gasteiger partial charge in [0.05, 0.1) is 6.20 Å². The Bertz CT molecular complexity index is 370. The Labute approximate surface area is 70.0 Å². The van der Waals surface area contributed by atoms with Gasteiger partial charge in [-0.2, -0.15) is 15.6 Å². The average molecular weight is 158 g/mol. The molecule has 0 saturated heterocycles. The normalized spacial score (nSPS) is 8.25. The van der Waals surface area contributed by atoms with E-state index in [1.807, 2.05) is 0 Å². The van der Waals surface area contributed by atoms with Crippen LogP contribution in [0.4, 0.5) is 0 Å². The maximum atomic E-state index is 8.43. The predicted octanol–water partition coefficient (Wildman–Crippen LogP) is 0.851. The van der Waals surface area contributed by atoms with Gasteiger partial charge in [0.15, 0.2) is 0 Å². The fourth-order valence-electron chi connectivity index (χ4n) is 0.771. The lowest BCUT2D eigenvalue weighted by atomic mass is 10.2. The first-order valence-electron chi connectivity index (χ1n) is 3.27. The number of rotatable bonds is 1. The van der Waals surface area contributed by atoms with Gasteiger partial charge in [0.2, 0.25) is 0 Å². The molecule has 0 aliphatic heterocycles. The van der Waals surface area contributed by atoms with Crippen LogP contribution in [0.2, 0.25) is 0 Å². The molecule has 4 nitrogen and oxygen atoms in total. The molecule has 0 amide bonds. The number of aromatic nitrogens is 2. The third-order valence-electron chi connectivity index (χ3n) is 1.28. The maximum Gasteiger partial charge on any atom is 0.130 e. The highest BCUT2D eigenvalue weighted by Crippen LogP contribution is 2.03. The second kappa shape index (κ2) is 3.36. The quantitative estimate of drug-likeness (QED) is 0.569. The first kappa shape index (κ1) is 8.03. The molecular formula is C8H6N4. The lowest BCUT2D eigenvalue weighted by Crippen LogP contribution is -1.83. The van der Waals surface area contributed by atoms with Crippen LogP contribution in [0.15, 0.2) is 18.0 Å². The van der Waals surface area contributed by atoms with Gasteiger partial charge in [0.1, 0.15) is 17.7 Å². The Balaban J connectivity index is 2.97. The number of hydrogen-bond acceptors (Lipinski definition) is 3. The number of allylic oxidation sites excluding steroid dienone is 1. The first-order valence-corrected chi connectivity index (χ1v) is 3.27. The molecule has 0 aliphatic rings. The molecule has 0 radical (unpaired) electrons. The van der Waals surface area contributed by atoms with Crippen LogP contribution in [-0.2, 0) is 7.05 Å². The van der Waals surface area contributed by atoms with E-state index in [2.05, 4.69) is 5.10 Å². The van der Waals surface area contributed by atoms with Gasteiger partial charge in [0.25, 0.3) is 0 Å². The Kier molecular flexibility index (Phi) is 2.25. The highest BCUT2D eigenvalue weighted by molar-refractivity contribution is 5.60. The minimum absolute atomic E-state index is 0.0861. The SMILES string of the molecule is Cn1cc(C=C(C#N)C#N)cn1. The number of nitriles is 2. The van der Waals surface area contributed by atoms with Crippen molar-refractivity contribution in [2.45, 2.75) is 0 Å². The van der Waals surface area contributed by atoms with Crippen LogP contribution >= 0.6 is 0 Å². The highest BCUT2D eigenvalue weighted by Gasteiger charge is 1.94. The van der Waals surface area contributed by atoms with Crippen molar-refractivity contribution in [1.29, 1.82) is 10.5 Å². The van der Waals surface area contributed by atoms with Crippen LogP contribution in [0, 0.1) is 22.7 Å². The minimum Gasteiger partial charge on any atom is -0.275 e. The molecule has 0 spiro atoms. The van der Waals surface area contributed by atoms with Crippen molar-refractivity contribution >= 4 is 6.08 Å².